The van der Waals surface area contributed by atoms with E-state index in [0.717, 1.165) is 0 Å². The lowest BCUT2D eigenvalue weighted by Crippen LogP contribution is -2.53. The van der Waals surface area contributed by atoms with Crippen molar-refractivity contribution < 1.29 is 9.90 Å². The molecule has 2 unspecified atom stereocenters. The molecule has 0 radical (unpaired) electrons. The number of carbonyl (C=O) groups is 1. The van der Waals surface area contributed by atoms with Crippen molar-refractivity contribution in [2.75, 3.05) is 6.54 Å². The predicted octanol–water partition coefficient (Wildman–Crippen LogP) is 1.29. The van der Waals surface area contributed by atoms with Crippen LogP contribution in [0.5, 0.6) is 0 Å². The summed E-state index contributed by atoms with van der Waals surface area (Å²) in [7, 11) is 0. The van der Waals surface area contributed by atoms with Gasteiger partial charge in [-0.3, -0.25) is 4.79 Å². The van der Waals surface area contributed by atoms with Crippen LogP contribution in [0.1, 0.15) is 48.5 Å². The smallest absolute Gasteiger partial charge is 0.237 e. The highest BCUT2D eigenvalue weighted by Crippen LogP contribution is 2.14. The second-order valence-corrected chi connectivity index (χ2v) is 6.35. The molecule has 0 aliphatic heterocycles. The van der Waals surface area contributed by atoms with E-state index in [0.29, 0.717) is 6.54 Å². The molecule has 1 amide bonds. The minimum Gasteiger partial charge on any atom is -0.389 e. The summed E-state index contributed by atoms with van der Waals surface area (Å²) in [6.45, 7) is 13.7. The van der Waals surface area contributed by atoms with Gasteiger partial charge in [0.2, 0.25) is 5.91 Å². The van der Waals surface area contributed by atoms with E-state index in [1.165, 1.54) is 0 Å². The molecular formula is C13H28N2O2. The van der Waals surface area contributed by atoms with Gasteiger partial charge in [-0.05, 0) is 40.5 Å². The number of aliphatic hydroxyl groups is 1. The van der Waals surface area contributed by atoms with Crippen molar-refractivity contribution in [2.45, 2.75) is 65.6 Å². The van der Waals surface area contributed by atoms with Gasteiger partial charge in [0, 0.05) is 12.1 Å². The Balaban J connectivity index is 4.19. The second-order valence-electron chi connectivity index (χ2n) is 6.35. The molecule has 0 aromatic heterocycles. The van der Waals surface area contributed by atoms with Crippen LogP contribution < -0.4 is 10.6 Å². The Kier molecular flexibility index (Phi) is 5.62. The molecule has 0 saturated carbocycles. The third kappa shape index (κ3) is 6.64. The number of carbonyl (C=O) groups excluding carboxylic acids is 1. The lowest BCUT2D eigenvalue weighted by atomic mass is 9.92. The van der Waals surface area contributed by atoms with Crippen LogP contribution in [0, 0.1) is 5.92 Å². The molecule has 0 fully saturated rings. The number of nitrogens with one attached hydrogen (secondary N) is 2. The van der Waals surface area contributed by atoms with Gasteiger partial charge in [0.1, 0.15) is 0 Å². The van der Waals surface area contributed by atoms with Crippen molar-refractivity contribution in [1.29, 1.82) is 0 Å². The van der Waals surface area contributed by atoms with Crippen LogP contribution in [0.3, 0.4) is 0 Å². The summed E-state index contributed by atoms with van der Waals surface area (Å²) in [5.41, 5.74) is -1.02. The lowest BCUT2D eigenvalue weighted by molar-refractivity contribution is -0.124. The molecule has 0 bridgehead atoms. The van der Waals surface area contributed by atoms with E-state index in [-0.39, 0.29) is 23.4 Å². The van der Waals surface area contributed by atoms with Crippen LogP contribution >= 0.6 is 0 Å². The van der Waals surface area contributed by atoms with Crippen molar-refractivity contribution in [1.82, 2.24) is 10.6 Å². The molecule has 0 spiro atoms. The number of hydrogen-bond acceptors (Lipinski definition) is 3. The average molecular weight is 244 g/mol. The monoisotopic (exact) mass is 244 g/mol. The fourth-order valence-electron chi connectivity index (χ4n) is 1.13. The molecule has 2 atom stereocenters. The lowest BCUT2D eigenvalue weighted by Gasteiger charge is -2.30. The molecule has 0 heterocycles. The van der Waals surface area contributed by atoms with E-state index in [9.17, 15) is 9.90 Å². The van der Waals surface area contributed by atoms with Crippen LogP contribution in [0.4, 0.5) is 0 Å². The van der Waals surface area contributed by atoms with Crippen LogP contribution in [0.2, 0.25) is 0 Å². The zero-order valence-electron chi connectivity index (χ0n) is 12.2. The van der Waals surface area contributed by atoms with Crippen molar-refractivity contribution in [3.05, 3.63) is 0 Å². The van der Waals surface area contributed by atoms with Gasteiger partial charge in [0.25, 0.3) is 0 Å². The maximum Gasteiger partial charge on any atom is 0.237 e. The molecular weight excluding hydrogens is 216 g/mol. The molecule has 4 nitrogen and oxygen atoms in total. The van der Waals surface area contributed by atoms with Crippen LogP contribution in [0.25, 0.3) is 0 Å². The quantitative estimate of drug-likeness (QED) is 0.683. The maximum atomic E-state index is 11.8. The van der Waals surface area contributed by atoms with Gasteiger partial charge in [-0.25, -0.2) is 0 Å². The van der Waals surface area contributed by atoms with Gasteiger partial charge in [0.05, 0.1) is 11.6 Å². The normalized spacial score (nSPS) is 17.7. The second kappa shape index (κ2) is 5.83. The molecule has 0 saturated heterocycles. The van der Waals surface area contributed by atoms with Crippen molar-refractivity contribution in [3.8, 4) is 0 Å². The van der Waals surface area contributed by atoms with Crippen molar-refractivity contribution in [2.24, 2.45) is 5.92 Å². The predicted molar refractivity (Wildman–Crippen MR) is 70.8 cm³/mol. The van der Waals surface area contributed by atoms with Crippen LogP contribution in [-0.2, 0) is 4.79 Å². The van der Waals surface area contributed by atoms with Gasteiger partial charge >= 0.3 is 0 Å². The Hall–Kier alpha value is -0.610. The van der Waals surface area contributed by atoms with Crippen LogP contribution in [-0.4, -0.2) is 34.7 Å². The third-order valence-electron chi connectivity index (χ3n) is 2.90. The number of hydrogen-bond donors (Lipinski definition) is 3. The average Bonchev–Trinajstić information content (AvgIpc) is 2.11. The largest absolute Gasteiger partial charge is 0.389 e. The molecule has 102 valence electrons. The fourth-order valence-corrected chi connectivity index (χ4v) is 1.13. The summed E-state index contributed by atoms with van der Waals surface area (Å²) in [5.74, 6) is 0.102. The SMILES string of the molecule is CC(NCC(C)(O)C(C)C)C(=O)NC(C)(C)C. The Morgan fingerprint density at radius 1 is 1.18 bits per heavy atom. The number of rotatable bonds is 5. The maximum absolute atomic E-state index is 11.8. The summed E-state index contributed by atoms with van der Waals surface area (Å²) in [5, 5.41) is 16.0. The van der Waals surface area contributed by atoms with Gasteiger partial charge in [0.15, 0.2) is 0 Å². The minimum absolute atomic E-state index is 0.0444. The minimum atomic E-state index is -0.795. The van der Waals surface area contributed by atoms with Crippen molar-refractivity contribution >= 4 is 5.91 Å². The molecule has 0 aromatic carbocycles. The summed E-state index contributed by atoms with van der Waals surface area (Å²) in [6, 6.07) is -0.306. The fraction of sp³-hybridized carbons (Fsp3) is 0.923. The van der Waals surface area contributed by atoms with E-state index < -0.39 is 5.60 Å². The van der Waals surface area contributed by atoms with Crippen LogP contribution in [0.15, 0.2) is 0 Å². The zero-order valence-corrected chi connectivity index (χ0v) is 12.2. The zero-order chi connectivity index (χ0) is 13.9. The van der Waals surface area contributed by atoms with E-state index in [4.69, 9.17) is 0 Å². The van der Waals surface area contributed by atoms with Gasteiger partial charge in [-0.15, -0.1) is 0 Å². The molecule has 4 heteroatoms. The van der Waals surface area contributed by atoms with Gasteiger partial charge in [-0.1, -0.05) is 13.8 Å². The molecule has 0 aromatic rings. The first kappa shape index (κ1) is 16.4. The summed E-state index contributed by atoms with van der Waals surface area (Å²) in [4.78, 5) is 11.8. The first-order valence-electron chi connectivity index (χ1n) is 6.23. The highest BCUT2D eigenvalue weighted by Gasteiger charge is 2.27. The van der Waals surface area contributed by atoms with Gasteiger partial charge < -0.3 is 15.7 Å². The van der Waals surface area contributed by atoms with Crippen molar-refractivity contribution in [3.63, 3.8) is 0 Å². The molecule has 17 heavy (non-hydrogen) atoms. The van der Waals surface area contributed by atoms with E-state index >= 15 is 0 Å². The number of amides is 1. The summed E-state index contributed by atoms with van der Waals surface area (Å²) in [6.07, 6.45) is 0. The molecule has 0 aliphatic carbocycles. The van der Waals surface area contributed by atoms with E-state index in [1.54, 1.807) is 13.8 Å². The molecule has 0 rings (SSSR count). The van der Waals surface area contributed by atoms with Gasteiger partial charge in [-0.2, -0.15) is 0 Å². The highest BCUT2D eigenvalue weighted by atomic mass is 16.3. The standard InChI is InChI=1S/C13H28N2O2/c1-9(2)13(7,17)8-14-10(3)11(16)15-12(4,5)6/h9-10,14,17H,8H2,1-7H3,(H,15,16). The summed E-state index contributed by atoms with van der Waals surface area (Å²) < 4.78 is 0. The third-order valence-corrected chi connectivity index (χ3v) is 2.90. The topological polar surface area (TPSA) is 61.4 Å². The molecule has 0 aliphatic rings. The first-order chi connectivity index (χ1) is 7.46. The Morgan fingerprint density at radius 2 is 1.65 bits per heavy atom. The Labute approximate surface area is 105 Å². The highest BCUT2D eigenvalue weighted by molar-refractivity contribution is 5.81. The first-order valence-corrected chi connectivity index (χ1v) is 6.23. The summed E-state index contributed by atoms with van der Waals surface area (Å²) >= 11 is 0. The van der Waals surface area contributed by atoms with E-state index in [2.05, 4.69) is 10.6 Å². The molecule has 3 N–H and O–H groups in total. The Bertz CT molecular complexity index is 255. The van der Waals surface area contributed by atoms with E-state index in [1.807, 2.05) is 34.6 Å². The Morgan fingerprint density at radius 3 is 2.00 bits per heavy atom.